The van der Waals surface area contributed by atoms with Gasteiger partial charge in [-0.15, -0.1) is 10.2 Å². The Morgan fingerprint density at radius 1 is 1.33 bits per heavy atom. The second-order valence-corrected chi connectivity index (χ2v) is 5.19. The van der Waals surface area contributed by atoms with Crippen LogP contribution < -0.4 is 5.32 Å². The number of anilines is 1. The van der Waals surface area contributed by atoms with E-state index in [0.29, 0.717) is 10.7 Å². The molecule has 0 atom stereocenters. The maximum atomic E-state index is 12.1. The molecule has 4 nitrogen and oxygen atoms in total. The number of carbonyl (C=O) groups excluding carboxylic acids is 1. The minimum atomic E-state index is -0.130. The van der Waals surface area contributed by atoms with Crippen LogP contribution in [-0.4, -0.2) is 16.1 Å². The van der Waals surface area contributed by atoms with Crippen LogP contribution in [0.5, 0.6) is 0 Å². The predicted octanol–water partition coefficient (Wildman–Crippen LogP) is 2.97. The van der Waals surface area contributed by atoms with Gasteiger partial charge in [-0.3, -0.25) is 10.1 Å². The number of benzene rings is 1. The third-order valence-electron chi connectivity index (χ3n) is 2.63. The third kappa shape index (κ3) is 2.73. The lowest BCUT2D eigenvalue weighted by molar-refractivity contribution is 0.102. The van der Waals surface area contributed by atoms with Crippen molar-refractivity contribution in [2.24, 2.45) is 0 Å². The van der Waals surface area contributed by atoms with E-state index < -0.39 is 0 Å². The summed E-state index contributed by atoms with van der Waals surface area (Å²) in [6.45, 7) is 5.90. The Morgan fingerprint density at radius 2 is 2.11 bits per heavy atom. The first-order valence-electron chi connectivity index (χ1n) is 5.81. The molecule has 0 aliphatic carbocycles. The highest BCUT2D eigenvalue weighted by Crippen LogP contribution is 2.18. The van der Waals surface area contributed by atoms with Crippen LogP contribution >= 0.6 is 11.3 Å². The van der Waals surface area contributed by atoms with Gasteiger partial charge in [0.2, 0.25) is 5.13 Å². The molecule has 94 valence electrons. The molecule has 1 amide bonds. The lowest BCUT2D eigenvalue weighted by atomic mass is 10.1. The topological polar surface area (TPSA) is 54.9 Å². The molecule has 1 heterocycles. The monoisotopic (exact) mass is 261 g/mol. The summed E-state index contributed by atoms with van der Waals surface area (Å²) in [4.78, 5) is 12.1. The molecule has 2 aromatic rings. The van der Waals surface area contributed by atoms with Crippen molar-refractivity contribution in [3.63, 3.8) is 0 Å². The molecule has 0 spiro atoms. The Bertz CT molecular complexity index is 577. The van der Waals surface area contributed by atoms with Crippen LogP contribution in [0.3, 0.4) is 0 Å². The number of rotatable bonds is 3. The molecule has 1 aromatic carbocycles. The van der Waals surface area contributed by atoms with Crippen molar-refractivity contribution in [3.05, 3.63) is 39.9 Å². The number of aryl methyl sites for hydroxylation is 3. The second-order valence-electron chi connectivity index (χ2n) is 4.13. The lowest BCUT2D eigenvalue weighted by Gasteiger charge is -2.05. The highest BCUT2D eigenvalue weighted by atomic mass is 32.1. The average Bonchev–Trinajstić information content (AvgIpc) is 2.80. The van der Waals surface area contributed by atoms with E-state index >= 15 is 0 Å². The summed E-state index contributed by atoms with van der Waals surface area (Å²) >= 11 is 1.41. The molecule has 0 bridgehead atoms. The van der Waals surface area contributed by atoms with Gasteiger partial charge in [-0.2, -0.15) is 0 Å². The Balaban J connectivity index is 2.19. The fraction of sp³-hybridized carbons (Fsp3) is 0.308. The van der Waals surface area contributed by atoms with E-state index in [1.807, 2.05) is 39.0 Å². The van der Waals surface area contributed by atoms with Gasteiger partial charge in [-0.05, 0) is 31.9 Å². The Hall–Kier alpha value is -1.75. The third-order valence-corrected chi connectivity index (χ3v) is 3.61. The van der Waals surface area contributed by atoms with Gasteiger partial charge >= 0.3 is 0 Å². The molecule has 0 fully saturated rings. The van der Waals surface area contributed by atoms with Crippen molar-refractivity contribution in [1.82, 2.24) is 10.2 Å². The number of nitrogens with zero attached hydrogens (tertiary/aromatic N) is 2. The van der Waals surface area contributed by atoms with E-state index in [1.165, 1.54) is 11.3 Å². The highest BCUT2D eigenvalue weighted by molar-refractivity contribution is 7.15. The van der Waals surface area contributed by atoms with Crippen molar-refractivity contribution >= 4 is 22.4 Å². The number of nitrogens with one attached hydrogen (secondary N) is 1. The first-order valence-corrected chi connectivity index (χ1v) is 6.62. The van der Waals surface area contributed by atoms with E-state index in [2.05, 4.69) is 15.5 Å². The fourth-order valence-corrected chi connectivity index (χ4v) is 2.27. The Labute approximate surface area is 110 Å². The van der Waals surface area contributed by atoms with Crippen molar-refractivity contribution in [2.45, 2.75) is 27.2 Å². The summed E-state index contributed by atoms with van der Waals surface area (Å²) in [7, 11) is 0. The van der Waals surface area contributed by atoms with Crippen molar-refractivity contribution in [2.75, 3.05) is 5.32 Å². The van der Waals surface area contributed by atoms with Crippen molar-refractivity contribution in [3.8, 4) is 0 Å². The summed E-state index contributed by atoms with van der Waals surface area (Å²) in [6, 6.07) is 5.82. The number of hydrogen-bond acceptors (Lipinski definition) is 4. The molecule has 1 N–H and O–H groups in total. The number of amides is 1. The van der Waals surface area contributed by atoms with Crippen LogP contribution in [0.25, 0.3) is 0 Å². The molecular formula is C13H15N3OS. The SMILES string of the molecule is CCc1nnc(NC(=O)c2cc(C)ccc2C)s1. The largest absolute Gasteiger partial charge is 0.296 e. The summed E-state index contributed by atoms with van der Waals surface area (Å²) < 4.78 is 0. The normalized spacial score (nSPS) is 10.4. The first-order chi connectivity index (χ1) is 8.60. The number of hydrogen-bond donors (Lipinski definition) is 1. The van der Waals surface area contributed by atoms with Crippen LogP contribution in [0, 0.1) is 13.8 Å². The molecule has 1 aromatic heterocycles. The van der Waals surface area contributed by atoms with E-state index in [9.17, 15) is 4.79 Å². The smallest absolute Gasteiger partial charge is 0.257 e. The van der Waals surface area contributed by atoms with Gasteiger partial charge in [0.1, 0.15) is 5.01 Å². The van der Waals surface area contributed by atoms with Crippen LogP contribution in [0.2, 0.25) is 0 Å². The average molecular weight is 261 g/mol. The number of carbonyl (C=O) groups is 1. The second kappa shape index (κ2) is 5.27. The van der Waals surface area contributed by atoms with Crippen LogP contribution in [0.1, 0.15) is 33.4 Å². The molecule has 0 aliphatic rings. The standard InChI is InChI=1S/C13H15N3OS/c1-4-11-15-16-13(18-11)14-12(17)10-7-8(2)5-6-9(10)3/h5-7H,4H2,1-3H3,(H,14,16,17). The van der Waals surface area contributed by atoms with E-state index in [1.54, 1.807) is 0 Å². The highest BCUT2D eigenvalue weighted by Gasteiger charge is 2.12. The predicted molar refractivity (Wildman–Crippen MR) is 73.2 cm³/mol. The Kier molecular flexibility index (Phi) is 3.72. The van der Waals surface area contributed by atoms with Gasteiger partial charge in [-0.25, -0.2) is 0 Å². The van der Waals surface area contributed by atoms with E-state index in [0.717, 1.165) is 22.6 Å². The van der Waals surface area contributed by atoms with E-state index in [-0.39, 0.29) is 5.91 Å². The minimum Gasteiger partial charge on any atom is -0.296 e. The summed E-state index contributed by atoms with van der Waals surface area (Å²) in [6.07, 6.45) is 0.830. The van der Waals surface area contributed by atoms with Gasteiger partial charge in [0.15, 0.2) is 0 Å². The van der Waals surface area contributed by atoms with Gasteiger partial charge in [0.05, 0.1) is 0 Å². The summed E-state index contributed by atoms with van der Waals surface area (Å²) in [5.74, 6) is -0.130. The zero-order valence-electron chi connectivity index (χ0n) is 10.7. The molecule has 5 heteroatoms. The lowest BCUT2D eigenvalue weighted by Crippen LogP contribution is -2.13. The fourth-order valence-electron chi connectivity index (χ4n) is 1.59. The van der Waals surface area contributed by atoms with Crippen LogP contribution in [-0.2, 0) is 6.42 Å². The molecule has 0 unspecified atom stereocenters. The Morgan fingerprint density at radius 3 is 2.78 bits per heavy atom. The van der Waals surface area contributed by atoms with E-state index in [4.69, 9.17) is 0 Å². The zero-order chi connectivity index (χ0) is 13.1. The van der Waals surface area contributed by atoms with Crippen molar-refractivity contribution < 1.29 is 4.79 Å². The maximum absolute atomic E-state index is 12.1. The summed E-state index contributed by atoms with van der Waals surface area (Å²) in [5, 5.41) is 12.2. The number of aromatic nitrogens is 2. The van der Waals surface area contributed by atoms with Crippen molar-refractivity contribution in [1.29, 1.82) is 0 Å². The van der Waals surface area contributed by atoms with Gasteiger partial charge in [0, 0.05) is 5.56 Å². The molecule has 18 heavy (non-hydrogen) atoms. The molecule has 2 rings (SSSR count). The molecule has 0 saturated carbocycles. The van der Waals surface area contributed by atoms with Gasteiger partial charge in [0.25, 0.3) is 5.91 Å². The van der Waals surface area contributed by atoms with Crippen LogP contribution in [0.15, 0.2) is 18.2 Å². The quantitative estimate of drug-likeness (QED) is 0.924. The first kappa shape index (κ1) is 12.7. The molecular weight excluding hydrogens is 246 g/mol. The molecule has 0 saturated heterocycles. The van der Waals surface area contributed by atoms with Gasteiger partial charge in [-0.1, -0.05) is 36.0 Å². The molecule has 0 radical (unpaired) electrons. The van der Waals surface area contributed by atoms with Crippen LogP contribution in [0.4, 0.5) is 5.13 Å². The molecule has 0 aliphatic heterocycles. The summed E-state index contributed by atoms with van der Waals surface area (Å²) in [5.41, 5.74) is 2.71. The van der Waals surface area contributed by atoms with Gasteiger partial charge < -0.3 is 0 Å². The minimum absolute atomic E-state index is 0.130. The zero-order valence-corrected chi connectivity index (χ0v) is 11.5. The maximum Gasteiger partial charge on any atom is 0.257 e.